The molecule has 3 unspecified atom stereocenters. The first-order valence-electron chi connectivity index (χ1n) is 7.75. The van der Waals surface area contributed by atoms with Crippen LogP contribution in [0.5, 0.6) is 0 Å². The number of hydrogen-bond donors (Lipinski definition) is 0. The molecule has 2 fully saturated rings. The monoisotopic (exact) mass is 267 g/mol. The van der Waals surface area contributed by atoms with E-state index in [4.69, 9.17) is 4.74 Å². The number of methoxy groups -OCH3 is 1. The fourth-order valence-electron chi connectivity index (χ4n) is 3.72. The zero-order valence-electron chi connectivity index (χ0n) is 12.9. The van der Waals surface area contributed by atoms with Crippen molar-refractivity contribution in [3.8, 4) is 0 Å². The first kappa shape index (κ1) is 15.0. The summed E-state index contributed by atoms with van der Waals surface area (Å²) >= 11 is 0. The van der Waals surface area contributed by atoms with Gasteiger partial charge >= 0.3 is 0 Å². The smallest absolute Gasteiger partial charge is 0.142 e. The number of Topliss-reactive ketones (excluding diaryl/α,β-unsaturated/α-hetero) is 1. The number of likely N-dealkylation sites (tertiary alicyclic amines) is 1. The minimum atomic E-state index is -0.100. The van der Waals surface area contributed by atoms with Gasteiger partial charge in [0.05, 0.1) is 6.10 Å². The number of ether oxygens (including phenoxy) is 1. The summed E-state index contributed by atoms with van der Waals surface area (Å²) in [5, 5.41) is 0. The fourth-order valence-corrected chi connectivity index (χ4v) is 3.72. The second kappa shape index (κ2) is 5.92. The molecule has 1 aliphatic carbocycles. The fraction of sp³-hybridized carbons (Fsp3) is 0.938. The highest BCUT2D eigenvalue weighted by molar-refractivity contribution is 5.87. The van der Waals surface area contributed by atoms with Crippen molar-refractivity contribution in [2.45, 2.75) is 65.0 Å². The average molecular weight is 267 g/mol. The summed E-state index contributed by atoms with van der Waals surface area (Å²) < 4.78 is 5.46. The normalized spacial score (nSPS) is 36.4. The molecule has 0 spiro atoms. The SMILES string of the molecule is COC1CCN(CC2CCCC(C)(C)C2=O)C(C)C1. The molecular formula is C16H29NO2. The van der Waals surface area contributed by atoms with E-state index in [1.807, 2.05) is 0 Å². The van der Waals surface area contributed by atoms with Gasteiger partial charge in [-0.05, 0) is 32.6 Å². The lowest BCUT2D eigenvalue weighted by atomic mass is 9.70. The lowest BCUT2D eigenvalue weighted by molar-refractivity contribution is -0.135. The van der Waals surface area contributed by atoms with Crippen LogP contribution in [0.25, 0.3) is 0 Å². The molecule has 1 saturated carbocycles. The van der Waals surface area contributed by atoms with Crippen molar-refractivity contribution in [3.05, 3.63) is 0 Å². The van der Waals surface area contributed by atoms with E-state index in [-0.39, 0.29) is 11.3 Å². The summed E-state index contributed by atoms with van der Waals surface area (Å²) in [6, 6.07) is 0.538. The van der Waals surface area contributed by atoms with Gasteiger partial charge in [-0.25, -0.2) is 0 Å². The summed E-state index contributed by atoms with van der Waals surface area (Å²) in [5.41, 5.74) is -0.100. The van der Waals surface area contributed by atoms with Crippen LogP contribution in [0.4, 0.5) is 0 Å². The van der Waals surface area contributed by atoms with Crippen LogP contribution in [0.15, 0.2) is 0 Å². The molecule has 3 atom stereocenters. The molecule has 110 valence electrons. The van der Waals surface area contributed by atoms with E-state index in [0.29, 0.717) is 17.9 Å². The van der Waals surface area contributed by atoms with Gasteiger partial charge in [0.15, 0.2) is 0 Å². The van der Waals surface area contributed by atoms with Gasteiger partial charge in [0.2, 0.25) is 0 Å². The molecular weight excluding hydrogens is 238 g/mol. The van der Waals surface area contributed by atoms with E-state index < -0.39 is 0 Å². The standard InChI is InChI=1S/C16H29NO2/c1-12-10-14(19-4)7-9-17(12)11-13-6-5-8-16(2,3)15(13)18/h12-14H,5-11H2,1-4H3. The number of carbonyl (C=O) groups is 1. The summed E-state index contributed by atoms with van der Waals surface area (Å²) in [6.45, 7) is 8.53. The van der Waals surface area contributed by atoms with Crippen LogP contribution in [0.3, 0.4) is 0 Å². The Bertz CT molecular complexity index is 327. The number of nitrogens with zero attached hydrogens (tertiary/aromatic N) is 1. The molecule has 19 heavy (non-hydrogen) atoms. The van der Waals surface area contributed by atoms with Crippen LogP contribution in [0, 0.1) is 11.3 Å². The number of rotatable bonds is 3. The van der Waals surface area contributed by atoms with Gasteiger partial charge < -0.3 is 4.74 Å². The van der Waals surface area contributed by atoms with Crippen LogP contribution in [-0.4, -0.2) is 43.0 Å². The Balaban J connectivity index is 1.92. The molecule has 0 aromatic rings. The molecule has 0 aromatic carbocycles. The molecule has 1 heterocycles. The zero-order valence-corrected chi connectivity index (χ0v) is 12.9. The highest BCUT2D eigenvalue weighted by Crippen LogP contribution is 2.36. The van der Waals surface area contributed by atoms with Gasteiger partial charge in [-0.2, -0.15) is 0 Å². The predicted octanol–water partition coefficient (Wildman–Crippen LogP) is 2.88. The maximum Gasteiger partial charge on any atom is 0.142 e. The number of ketones is 1. The molecule has 1 saturated heterocycles. The Hall–Kier alpha value is -0.410. The highest BCUT2D eigenvalue weighted by Gasteiger charge is 2.38. The van der Waals surface area contributed by atoms with E-state index in [1.165, 1.54) is 6.42 Å². The molecule has 0 N–H and O–H groups in total. The van der Waals surface area contributed by atoms with Gasteiger partial charge in [-0.1, -0.05) is 20.3 Å². The number of carbonyl (C=O) groups excluding carboxylic acids is 1. The van der Waals surface area contributed by atoms with Crippen LogP contribution >= 0.6 is 0 Å². The summed E-state index contributed by atoms with van der Waals surface area (Å²) in [5.74, 6) is 0.741. The van der Waals surface area contributed by atoms with Gasteiger partial charge in [-0.15, -0.1) is 0 Å². The van der Waals surface area contributed by atoms with Crippen molar-refractivity contribution in [1.29, 1.82) is 0 Å². The Kier molecular flexibility index (Phi) is 4.67. The van der Waals surface area contributed by atoms with Gasteiger partial charge in [-0.3, -0.25) is 9.69 Å². The Labute approximate surface area is 117 Å². The lowest BCUT2D eigenvalue weighted by Gasteiger charge is -2.41. The van der Waals surface area contributed by atoms with Crippen molar-refractivity contribution < 1.29 is 9.53 Å². The maximum atomic E-state index is 12.5. The molecule has 1 aliphatic heterocycles. The predicted molar refractivity (Wildman–Crippen MR) is 77.2 cm³/mol. The highest BCUT2D eigenvalue weighted by atomic mass is 16.5. The third kappa shape index (κ3) is 3.38. The van der Waals surface area contributed by atoms with Crippen molar-refractivity contribution in [2.24, 2.45) is 11.3 Å². The Morgan fingerprint density at radius 2 is 2.11 bits per heavy atom. The van der Waals surface area contributed by atoms with Crippen LogP contribution in [0.1, 0.15) is 52.9 Å². The quantitative estimate of drug-likeness (QED) is 0.787. The number of piperidine rings is 1. The van der Waals surface area contributed by atoms with E-state index in [2.05, 4.69) is 25.7 Å². The third-order valence-corrected chi connectivity index (χ3v) is 5.15. The van der Waals surface area contributed by atoms with E-state index in [0.717, 1.165) is 38.8 Å². The summed E-state index contributed by atoms with van der Waals surface area (Å²) in [4.78, 5) is 15.0. The molecule has 3 nitrogen and oxygen atoms in total. The molecule has 0 aromatic heterocycles. The third-order valence-electron chi connectivity index (χ3n) is 5.15. The largest absolute Gasteiger partial charge is 0.381 e. The number of hydrogen-bond acceptors (Lipinski definition) is 3. The van der Waals surface area contributed by atoms with E-state index >= 15 is 0 Å². The van der Waals surface area contributed by atoms with Crippen molar-refractivity contribution in [1.82, 2.24) is 4.90 Å². The molecule has 3 heteroatoms. The van der Waals surface area contributed by atoms with E-state index in [9.17, 15) is 4.79 Å². The van der Waals surface area contributed by atoms with Crippen molar-refractivity contribution in [2.75, 3.05) is 20.2 Å². The zero-order chi connectivity index (χ0) is 14.0. The minimum absolute atomic E-state index is 0.100. The van der Waals surface area contributed by atoms with Gasteiger partial charge in [0, 0.05) is 37.6 Å². The average Bonchev–Trinajstić information content (AvgIpc) is 2.37. The second-order valence-corrected chi connectivity index (χ2v) is 7.06. The Morgan fingerprint density at radius 3 is 2.74 bits per heavy atom. The first-order chi connectivity index (χ1) is 8.94. The van der Waals surface area contributed by atoms with E-state index in [1.54, 1.807) is 7.11 Å². The lowest BCUT2D eigenvalue weighted by Crippen LogP contribution is -2.48. The van der Waals surface area contributed by atoms with Gasteiger partial charge in [0.1, 0.15) is 5.78 Å². The second-order valence-electron chi connectivity index (χ2n) is 7.06. The molecule has 0 bridgehead atoms. The van der Waals surface area contributed by atoms with Crippen molar-refractivity contribution >= 4 is 5.78 Å². The molecule has 2 aliphatic rings. The topological polar surface area (TPSA) is 29.5 Å². The maximum absolute atomic E-state index is 12.5. The molecule has 0 amide bonds. The van der Waals surface area contributed by atoms with Gasteiger partial charge in [0.25, 0.3) is 0 Å². The first-order valence-corrected chi connectivity index (χ1v) is 7.75. The molecule has 2 rings (SSSR count). The summed E-state index contributed by atoms with van der Waals surface area (Å²) in [7, 11) is 1.81. The van der Waals surface area contributed by atoms with Crippen LogP contribution in [-0.2, 0) is 9.53 Å². The minimum Gasteiger partial charge on any atom is -0.381 e. The van der Waals surface area contributed by atoms with Crippen LogP contribution in [0.2, 0.25) is 0 Å². The Morgan fingerprint density at radius 1 is 1.37 bits per heavy atom. The van der Waals surface area contributed by atoms with Crippen molar-refractivity contribution in [3.63, 3.8) is 0 Å². The van der Waals surface area contributed by atoms with Crippen LogP contribution < -0.4 is 0 Å². The molecule has 0 radical (unpaired) electrons. The summed E-state index contributed by atoms with van der Waals surface area (Å²) in [6.07, 6.45) is 5.95.